The van der Waals surface area contributed by atoms with Crippen molar-refractivity contribution in [3.63, 3.8) is 0 Å². The van der Waals surface area contributed by atoms with Gasteiger partial charge >= 0.3 is 0 Å². The first-order valence-electron chi connectivity index (χ1n) is 9.86. The predicted molar refractivity (Wildman–Crippen MR) is 93.2 cm³/mol. The molecule has 4 nitrogen and oxygen atoms in total. The minimum Gasteiger partial charge on any atom is -0.493 e. The minimum atomic E-state index is -0.276. The summed E-state index contributed by atoms with van der Waals surface area (Å²) in [7, 11) is 1.70. The lowest BCUT2D eigenvalue weighted by Crippen LogP contribution is -2.66. The average Bonchev–Trinajstić information content (AvgIpc) is 3.36. The molecule has 6 rings (SSSR count). The van der Waals surface area contributed by atoms with Crippen molar-refractivity contribution in [3.05, 3.63) is 23.3 Å². The van der Waals surface area contributed by atoms with Gasteiger partial charge in [-0.2, -0.15) is 0 Å². The predicted octanol–water partition coefficient (Wildman–Crippen LogP) is 2.71. The topological polar surface area (TPSA) is 38.8 Å². The number of rotatable bonds is 3. The van der Waals surface area contributed by atoms with Crippen LogP contribution in [0.1, 0.15) is 43.2 Å². The number of carbonyl (C=O) groups excluding carboxylic acids is 1. The SMILES string of the molecule is COc1ccc2c3c1OC1C(=O)CC[C@@H]4C(C2)N(CC2CC2)CC[C@@]314. The Morgan fingerprint density at radius 3 is 3.00 bits per heavy atom. The molecule has 2 saturated carbocycles. The van der Waals surface area contributed by atoms with E-state index in [9.17, 15) is 4.79 Å². The van der Waals surface area contributed by atoms with Gasteiger partial charge in [0.1, 0.15) is 0 Å². The van der Waals surface area contributed by atoms with Gasteiger partial charge in [-0.1, -0.05) is 6.07 Å². The molecule has 0 aromatic heterocycles. The highest BCUT2D eigenvalue weighted by atomic mass is 16.5. The quantitative estimate of drug-likeness (QED) is 0.849. The monoisotopic (exact) mass is 339 g/mol. The van der Waals surface area contributed by atoms with Gasteiger partial charge in [0.2, 0.25) is 0 Å². The first-order valence-corrected chi connectivity index (χ1v) is 9.86. The van der Waals surface area contributed by atoms with Gasteiger partial charge in [0.25, 0.3) is 0 Å². The highest BCUT2D eigenvalue weighted by molar-refractivity contribution is 5.89. The molecule has 132 valence electrons. The van der Waals surface area contributed by atoms with E-state index in [0.717, 1.165) is 43.2 Å². The molecule has 2 bridgehead atoms. The summed E-state index contributed by atoms with van der Waals surface area (Å²) in [6, 6.07) is 4.85. The zero-order chi connectivity index (χ0) is 16.8. The van der Waals surface area contributed by atoms with Crippen molar-refractivity contribution in [1.82, 2.24) is 4.90 Å². The molecule has 1 aromatic carbocycles. The first kappa shape index (κ1) is 14.6. The normalized spacial score (nSPS) is 38.3. The molecule has 2 unspecified atom stereocenters. The molecule has 1 aromatic rings. The number of hydrogen-bond donors (Lipinski definition) is 0. The van der Waals surface area contributed by atoms with Crippen LogP contribution >= 0.6 is 0 Å². The van der Waals surface area contributed by atoms with E-state index >= 15 is 0 Å². The number of benzene rings is 1. The Bertz CT molecular complexity index is 771. The van der Waals surface area contributed by atoms with Gasteiger partial charge < -0.3 is 9.47 Å². The number of methoxy groups -OCH3 is 1. The van der Waals surface area contributed by atoms with Crippen LogP contribution in [0.15, 0.2) is 12.1 Å². The second kappa shape index (κ2) is 4.79. The molecule has 0 N–H and O–H groups in total. The zero-order valence-corrected chi connectivity index (χ0v) is 14.8. The first-order chi connectivity index (χ1) is 12.2. The number of piperidine rings is 1. The molecule has 3 aliphatic carbocycles. The van der Waals surface area contributed by atoms with Gasteiger partial charge in [-0.3, -0.25) is 9.69 Å². The number of carbonyl (C=O) groups is 1. The minimum absolute atomic E-state index is 0.0858. The summed E-state index contributed by atoms with van der Waals surface area (Å²) in [5.74, 6) is 3.45. The molecule has 4 heteroatoms. The van der Waals surface area contributed by atoms with Gasteiger partial charge in [-0.15, -0.1) is 0 Å². The maximum atomic E-state index is 12.8. The Morgan fingerprint density at radius 2 is 2.20 bits per heavy atom. The maximum Gasteiger partial charge on any atom is 0.174 e. The standard InChI is InChI=1S/C21H25NO3/c1-24-17-7-4-13-10-15-14-5-6-16(23)20-21(14,18(13)19(17)25-20)8-9-22(15)11-12-2-3-12/h4,7,12,14-15,20H,2-3,5-6,8-11H2,1H3/t14-,15?,20?,21-/m1/s1. The third-order valence-corrected chi connectivity index (χ3v) is 7.62. The van der Waals surface area contributed by atoms with E-state index in [2.05, 4.69) is 11.0 Å². The van der Waals surface area contributed by atoms with Gasteiger partial charge in [0.05, 0.1) is 7.11 Å². The van der Waals surface area contributed by atoms with E-state index in [0.29, 0.717) is 24.2 Å². The van der Waals surface area contributed by atoms with Crippen molar-refractivity contribution in [3.8, 4) is 11.5 Å². The molecule has 5 aliphatic rings. The highest BCUT2D eigenvalue weighted by Crippen LogP contribution is 2.63. The highest BCUT2D eigenvalue weighted by Gasteiger charge is 2.66. The Kier molecular flexibility index (Phi) is 2.80. The molecule has 1 spiro atoms. The summed E-state index contributed by atoms with van der Waals surface area (Å²) in [6.45, 7) is 2.37. The zero-order valence-electron chi connectivity index (χ0n) is 14.8. The van der Waals surface area contributed by atoms with Crippen molar-refractivity contribution in [2.24, 2.45) is 11.8 Å². The van der Waals surface area contributed by atoms with E-state index in [1.165, 1.54) is 30.5 Å². The lowest BCUT2D eigenvalue weighted by molar-refractivity contribution is -0.138. The Hall–Kier alpha value is -1.55. The second-order valence-electron chi connectivity index (χ2n) is 8.74. The molecular weight excluding hydrogens is 314 g/mol. The summed E-state index contributed by atoms with van der Waals surface area (Å²) >= 11 is 0. The third kappa shape index (κ3) is 1.74. The van der Waals surface area contributed by atoms with Gasteiger partial charge in [0.15, 0.2) is 23.4 Å². The van der Waals surface area contributed by atoms with Crippen molar-refractivity contribution in [2.45, 2.75) is 56.1 Å². The lowest BCUT2D eigenvalue weighted by atomic mass is 9.51. The van der Waals surface area contributed by atoms with Crippen molar-refractivity contribution in [2.75, 3.05) is 20.2 Å². The summed E-state index contributed by atoms with van der Waals surface area (Å²) in [5.41, 5.74) is 2.64. The fourth-order valence-corrected chi connectivity index (χ4v) is 6.42. The third-order valence-electron chi connectivity index (χ3n) is 7.62. The number of Topliss-reactive ketones (excluding diaryl/α,β-unsaturated/α-hetero) is 1. The molecule has 3 fully saturated rings. The molecule has 2 heterocycles. The molecule has 2 aliphatic heterocycles. The summed E-state index contributed by atoms with van der Waals surface area (Å²) in [5, 5.41) is 0. The van der Waals surface area contributed by atoms with Crippen molar-refractivity contribution in [1.29, 1.82) is 0 Å². The smallest absolute Gasteiger partial charge is 0.174 e. The fraction of sp³-hybridized carbons (Fsp3) is 0.667. The van der Waals surface area contributed by atoms with Crippen LogP contribution in [-0.2, 0) is 16.6 Å². The Balaban J connectivity index is 1.53. The van der Waals surface area contributed by atoms with Crippen LogP contribution in [0, 0.1) is 11.8 Å². The van der Waals surface area contributed by atoms with E-state index in [-0.39, 0.29) is 11.5 Å². The van der Waals surface area contributed by atoms with Gasteiger partial charge in [0, 0.05) is 30.0 Å². The van der Waals surface area contributed by atoms with Gasteiger partial charge in [-0.25, -0.2) is 0 Å². The summed E-state index contributed by atoms with van der Waals surface area (Å²) in [6.07, 6.45) is 6.40. The number of ether oxygens (including phenoxy) is 2. The number of ketones is 1. The largest absolute Gasteiger partial charge is 0.493 e. The molecule has 4 atom stereocenters. The van der Waals surface area contributed by atoms with E-state index < -0.39 is 0 Å². The van der Waals surface area contributed by atoms with Crippen LogP contribution in [-0.4, -0.2) is 43.0 Å². The Morgan fingerprint density at radius 1 is 1.32 bits per heavy atom. The molecule has 0 radical (unpaired) electrons. The van der Waals surface area contributed by atoms with E-state index in [1.807, 2.05) is 6.07 Å². The molecule has 0 amide bonds. The Labute approximate surface area is 148 Å². The molecule has 25 heavy (non-hydrogen) atoms. The maximum absolute atomic E-state index is 12.8. The van der Waals surface area contributed by atoms with Crippen LogP contribution < -0.4 is 9.47 Å². The summed E-state index contributed by atoms with van der Waals surface area (Å²) < 4.78 is 11.9. The number of nitrogens with zero attached hydrogens (tertiary/aromatic N) is 1. The average molecular weight is 339 g/mol. The van der Waals surface area contributed by atoms with Crippen molar-refractivity contribution < 1.29 is 14.3 Å². The van der Waals surface area contributed by atoms with Crippen molar-refractivity contribution >= 4 is 5.78 Å². The van der Waals surface area contributed by atoms with E-state index in [1.54, 1.807) is 7.11 Å². The molecule has 1 saturated heterocycles. The second-order valence-corrected chi connectivity index (χ2v) is 8.74. The van der Waals surface area contributed by atoms with Crippen LogP contribution in [0.3, 0.4) is 0 Å². The number of likely N-dealkylation sites (tertiary alicyclic amines) is 1. The van der Waals surface area contributed by atoms with E-state index in [4.69, 9.17) is 9.47 Å². The fourth-order valence-electron chi connectivity index (χ4n) is 6.42. The van der Waals surface area contributed by atoms with Crippen LogP contribution in [0.2, 0.25) is 0 Å². The van der Waals surface area contributed by atoms with Crippen LogP contribution in [0.25, 0.3) is 0 Å². The van der Waals surface area contributed by atoms with Crippen LogP contribution in [0.4, 0.5) is 0 Å². The van der Waals surface area contributed by atoms with Crippen LogP contribution in [0.5, 0.6) is 11.5 Å². The summed E-state index contributed by atoms with van der Waals surface area (Å²) in [4.78, 5) is 15.6. The molecular formula is C21H25NO3. The van der Waals surface area contributed by atoms with Gasteiger partial charge in [-0.05, 0) is 62.1 Å². The number of hydrogen-bond acceptors (Lipinski definition) is 4. The lowest BCUT2D eigenvalue weighted by Gasteiger charge is -2.57.